The molecule has 30 heavy (non-hydrogen) atoms. The van der Waals surface area contributed by atoms with E-state index in [1.54, 1.807) is 24.3 Å². The van der Waals surface area contributed by atoms with E-state index < -0.39 is 10.0 Å². The molecule has 1 amide bonds. The lowest BCUT2D eigenvalue weighted by Crippen LogP contribution is -2.59. The summed E-state index contributed by atoms with van der Waals surface area (Å²) in [6.07, 6.45) is 5.07. The number of anilines is 1. The van der Waals surface area contributed by atoms with Gasteiger partial charge < -0.3 is 10.1 Å². The second-order valence-electron chi connectivity index (χ2n) is 8.01. The van der Waals surface area contributed by atoms with Crippen LogP contribution in [0, 0.1) is 0 Å². The molecule has 2 heterocycles. The zero-order chi connectivity index (χ0) is 21.4. The number of carbonyl (C=O) groups is 1. The number of amides is 1. The van der Waals surface area contributed by atoms with Gasteiger partial charge >= 0.3 is 0 Å². The van der Waals surface area contributed by atoms with Crippen molar-refractivity contribution < 1.29 is 17.9 Å². The molecule has 0 aromatic heterocycles. The maximum absolute atomic E-state index is 13.2. The van der Waals surface area contributed by atoms with Crippen LogP contribution >= 0.6 is 0 Å². The molecule has 7 nitrogen and oxygen atoms in total. The number of carbonyl (C=O) groups excluding carboxylic acids is 1. The molecule has 2 aromatic carbocycles. The molecule has 2 aliphatic heterocycles. The van der Waals surface area contributed by atoms with Crippen molar-refractivity contribution in [3.05, 3.63) is 54.1 Å². The highest BCUT2D eigenvalue weighted by molar-refractivity contribution is 7.92. The number of fused-ring (bicyclic) bond motifs is 2. The predicted molar refractivity (Wildman–Crippen MR) is 115 cm³/mol. The number of piperidine rings is 1. The van der Waals surface area contributed by atoms with Crippen LogP contribution in [0.5, 0.6) is 5.75 Å². The molecular weight excluding hydrogens is 402 g/mol. The lowest BCUT2D eigenvalue weighted by Gasteiger charge is -2.43. The van der Waals surface area contributed by atoms with Crippen LogP contribution in [0.15, 0.2) is 53.4 Å². The van der Waals surface area contributed by atoms with E-state index in [-0.39, 0.29) is 22.0 Å². The number of nitrogens with zero attached hydrogens (tertiary/aromatic N) is 1. The summed E-state index contributed by atoms with van der Waals surface area (Å²) in [6, 6.07) is 13.5. The molecule has 0 spiro atoms. The van der Waals surface area contributed by atoms with Crippen LogP contribution in [0.3, 0.4) is 0 Å². The fraction of sp³-hybridized carbons (Fsp3) is 0.409. The number of ether oxygens (including phenoxy) is 1. The summed E-state index contributed by atoms with van der Waals surface area (Å²) in [5, 5.41) is 3.18. The highest BCUT2D eigenvalue weighted by Crippen LogP contribution is 2.41. The van der Waals surface area contributed by atoms with Crippen molar-refractivity contribution in [2.24, 2.45) is 0 Å². The Morgan fingerprint density at radius 2 is 1.90 bits per heavy atom. The van der Waals surface area contributed by atoms with E-state index in [1.807, 2.05) is 6.07 Å². The second kappa shape index (κ2) is 7.92. The first kappa shape index (κ1) is 20.7. The van der Waals surface area contributed by atoms with Crippen molar-refractivity contribution in [3.63, 3.8) is 0 Å². The Balaban J connectivity index is 1.62. The molecule has 2 aliphatic rings. The zero-order valence-electron chi connectivity index (χ0n) is 17.2. The van der Waals surface area contributed by atoms with Gasteiger partial charge in [-0.1, -0.05) is 18.2 Å². The monoisotopic (exact) mass is 429 g/mol. The Bertz CT molecular complexity index is 1040. The first-order valence-electron chi connectivity index (χ1n) is 10.2. The first-order valence-corrected chi connectivity index (χ1v) is 11.6. The lowest BCUT2D eigenvalue weighted by molar-refractivity contribution is 0.0435. The molecule has 2 fully saturated rings. The summed E-state index contributed by atoms with van der Waals surface area (Å²) in [7, 11) is -0.321. The number of rotatable bonds is 6. The van der Waals surface area contributed by atoms with E-state index in [1.165, 1.54) is 25.3 Å². The first-order chi connectivity index (χ1) is 14.3. The fourth-order valence-electron chi connectivity index (χ4n) is 4.64. The SMILES string of the molecule is COc1ccc(S(=O)(=O)Nc2ccccc2)cc1C(=O)NC12CCCC(CC1)N2C. The molecule has 8 heteroatoms. The molecule has 2 bridgehead atoms. The zero-order valence-corrected chi connectivity index (χ0v) is 18.0. The lowest BCUT2D eigenvalue weighted by atomic mass is 9.97. The molecule has 2 atom stereocenters. The third-order valence-electron chi connectivity index (χ3n) is 6.34. The maximum atomic E-state index is 13.2. The number of hydrogen-bond donors (Lipinski definition) is 2. The van der Waals surface area contributed by atoms with Crippen LogP contribution in [0.1, 0.15) is 42.5 Å². The average Bonchev–Trinajstić information content (AvgIpc) is 2.91. The Hall–Kier alpha value is -2.58. The van der Waals surface area contributed by atoms with Gasteiger partial charge in [0.25, 0.3) is 15.9 Å². The van der Waals surface area contributed by atoms with Gasteiger partial charge in [0.05, 0.1) is 23.2 Å². The number of hydrogen-bond acceptors (Lipinski definition) is 5. The molecular formula is C22H27N3O4S. The molecule has 2 N–H and O–H groups in total. The maximum Gasteiger partial charge on any atom is 0.261 e. The molecule has 0 aliphatic carbocycles. The number of methoxy groups -OCH3 is 1. The molecule has 0 saturated carbocycles. The summed E-state index contributed by atoms with van der Waals surface area (Å²) in [6.45, 7) is 0. The second-order valence-corrected chi connectivity index (χ2v) is 9.70. The molecule has 0 radical (unpaired) electrons. The predicted octanol–water partition coefficient (Wildman–Crippen LogP) is 3.20. The summed E-state index contributed by atoms with van der Waals surface area (Å²) in [4.78, 5) is 15.5. The van der Waals surface area contributed by atoms with Crippen molar-refractivity contribution >= 4 is 21.6 Å². The van der Waals surface area contributed by atoms with Crippen LogP contribution in [0.2, 0.25) is 0 Å². The van der Waals surface area contributed by atoms with Crippen LogP contribution < -0.4 is 14.8 Å². The smallest absolute Gasteiger partial charge is 0.261 e. The number of nitrogens with one attached hydrogen (secondary N) is 2. The summed E-state index contributed by atoms with van der Waals surface area (Å²) in [5.41, 5.74) is 0.298. The fourth-order valence-corrected chi connectivity index (χ4v) is 5.72. The molecule has 2 saturated heterocycles. The Morgan fingerprint density at radius 3 is 2.63 bits per heavy atom. The van der Waals surface area contributed by atoms with E-state index in [0.717, 1.165) is 32.1 Å². The molecule has 160 valence electrons. The molecule has 2 unspecified atom stereocenters. The minimum Gasteiger partial charge on any atom is -0.496 e. The normalized spacial score (nSPS) is 23.7. The topological polar surface area (TPSA) is 87.7 Å². The van der Waals surface area contributed by atoms with Gasteiger partial charge in [-0.05, 0) is 69.5 Å². The van der Waals surface area contributed by atoms with Crippen LogP contribution in [0.25, 0.3) is 0 Å². The van der Waals surface area contributed by atoms with E-state index in [4.69, 9.17) is 4.74 Å². The van der Waals surface area contributed by atoms with Gasteiger partial charge in [-0.15, -0.1) is 0 Å². The minimum atomic E-state index is -3.85. The van der Waals surface area contributed by atoms with E-state index in [0.29, 0.717) is 17.5 Å². The van der Waals surface area contributed by atoms with Gasteiger partial charge in [0, 0.05) is 11.7 Å². The summed E-state index contributed by atoms with van der Waals surface area (Å²) >= 11 is 0. The number of para-hydroxylation sites is 1. The van der Waals surface area contributed by atoms with Gasteiger partial charge in [0.15, 0.2) is 0 Å². The molecule has 4 rings (SSSR count). The summed E-state index contributed by atoms with van der Waals surface area (Å²) < 4.78 is 33.6. The number of benzene rings is 2. The Labute approximate surface area is 177 Å². The summed E-state index contributed by atoms with van der Waals surface area (Å²) in [5.74, 6) is 0.0218. The Kier molecular flexibility index (Phi) is 5.46. The van der Waals surface area contributed by atoms with Crippen molar-refractivity contribution in [1.29, 1.82) is 0 Å². The van der Waals surface area contributed by atoms with Crippen LogP contribution in [-0.2, 0) is 10.0 Å². The van der Waals surface area contributed by atoms with Gasteiger partial charge in [0.2, 0.25) is 0 Å². The Morgan fingerprint density at radius 1 is 1.13 bits per heavy atom. The van der Waals surface area contributed by atoms with E-state index in [9.17, 15) is 13.2 Å². The quantitative estimate of drug-likeness (QED) is 0.736. The molecule has 2 aromatic rings. The minimum absolute atomic E-state index is 0.0103. The van der Waals surface area contributed by atoms with E-state index in [2.05, 4.69) is 22.0 Å². The average molecular weight is 430 g/mol. The standard InChI is InChI=1S/C22H27N3O4S/c1-25-17-9-6-13-22(25,14-12-17)23-21(26)19-15-18(10-11-20(19)29-2)30(27,28)24-16-7-4-3-5-8-16/h3-5,7-8,10-11,15,17,24H,6,9,12-14H2,1-2H3,(H,23,26). The number of sulfonamides is 1. The highest BCUT2D eigenvalue weighted by atomic mass is 32.2. The van der Waals surface area contributed by atoms with Crippen molar-refractivity contribution in [1.82, 2.24) is 10.2 Å². The third kappa shape index (κ3) is 3.77. The van der Waals surface area contributed by atoms with Crippen LogP contribution in [-0.4, -0.2) is 45.1 Å². The largest absolute Gasteiger partial charge is 0.496 e. The van der Waals surface area contributed by atoms with Gasteiger partial charge in [-0.3, -0.25) is 14.4 Å². The van der Waals surface area contributed by atoms with Gasteiger partial charge in [0.1, 0.15) is 5.75 Å². The third-order valence-corrected chi connectivity index (χ3v) is 7.72. The highest BCUT2D eigenvalue weighted by Gasteiger charge is 2.47. The van der Waals surface area contributed by atoms with Crippen LogP contribution in [0.4, 0.5) is 5.69 Å². The van der Waals surface area contributed by atoms with Gasteiger partial charge in [-0.2, -0.15) is 0 Å². The van der Waals surface area contributed by atoms with Crippen molar-refractivity contribution in [2.75, 3.05) is 18.9 Å². The van der Waals surface area contributed by atoms with Gasteiger partial charge in [-0.25, -0.2) is 8.42 Å². The van der Waals surface area contributed by atoms with Crippen molar-refractivity contribution in [2.45, 2.75) is 48.7 Å². The van der Waals surface area contributed by atoms with Crippen molar-refractivity contribution in [3.8, 4) is 5.75 Å². The van der Waals surface area contributed by atoms with E-state index >= 15 is 0 Å².